The lowest BCUT2D eigenvalue weighted by Crippen LogP contribution is -2.37. The molecule has 0 bridgehead atoms. The van der Waals surface area contributed by atoms with Crippen LogP contribution in [-0.4, -0.2) is 35.0 Å². The summed E-state index contributed by atoms with van der Waals surface area (Å²) in [6.07, 6.45) is -0.0836. The molecule has 0 unspecified atom stereocenters. The molecule has 0 aromatic carbocycles. The van der Waals surface area contributed by atoms with Crippen molar-refractivity contribution in [2.45, 2.75) is 44.8 Å². The number of rotatable bonds is 8. The van der Waals surface area contributed by atoms with Crippen LogP contribution in [0.4, 0.5) is 0 Å². The molecular formula is C10H17NO5. The lowest BCUT2D eigenvalue weighted by molar-refractivity contribution is -0.143. The molecule has 0 spiro atoms. The highest BCUT2D eigenvalue weighted by Crippen LogP contribution is 2.15. The predicted octanol–water partition coefficient (Wildman–Crippen LogP) is 0.0893. The SMILES string of the molecule is CC(C)(CC(=O)[C@@H](N)CCC(=O)O)OC=O. The van der Waals surface area contributed by atoms with Crippen LogP contribution in [0.2, 0.25) is 0 Å². The standard InChI is InChI=1S/C10H17NO5/c1-10(2,16-6-12)5-8(13)7(11)3-4-9(14)15/h6-7H,3-5,11H2,1-2H3,(H,14,15)/t7-/m0/s1. The Labute approximate surface area is 93.8 Å². The van der Waals surface area contributed by atoms with Crippen LogP contribution in [-0.2, 0) is 19.1 Å². The van der Waals surface area contributed by atoms with Gasteiger partial charge in [0, 0.05) is 12.8 Å². The Kier molecular flexibility index (Phi) is 5.66. The highest BCUT2D eigenvalue weighted by Gasteiger charge is 2.26. The molecule has 0 rings (SSSR count). The summed E-state index contributed by atoms with van der Waals surface area (Å²) in [5.41, 5.74) is 4.61. The van der Waals surface area contributed by atoms with Crippen molar-refractivity contribution in [1.82, 2.24) is 0 Å². The first-order chi connectivity index (χ1) is 7.28. The fourth-order valence-electron chi connectivity index (χ4n) is 1.16. The van der Waals surface area contributed by atoms with Gasteiger partial charge in [0.2, 0.25) is 0 Å². The van der Waals surface area contributed by atoms with Crippen LogP contribution in [0, 0.1) is 0 Å². The lowest BCUT2D eigenvalue weighted by atomic mass is 9.96. The minimum Gasteiger partial charge on any atom is -0.481 e. The van der Waals surface area contributed by atoms with Crippen LogP contribution in [0.1, 0.15) is 33.1 Å². The van der Waals surface area contributed by atoms with E-state index in [1.807, 2.05) is 0 Å². The minimum absolute atomic E-state index is 0.0213. The molecule has 0 radical (unpaired) electrons. The van der Waals surface area contributed by atoms with Crippen LogP contribution in [0.5, 0.6) is 0 Å². The first kappa shape index (κ1) is 14.6. The number of nitrogens with two attached hydrogens (primary N) is 1. The lowest BCUT2D eigenvalue weighted by Gasteiger charge is -2.23. The van der Waals surface area contributed by atoms with Crippen LogP contribution in [0.3, 0.4) is 0 Å². The van der Waals surface area contributed by atoms with E-state index in [4.69, 9.17) is 15.6 Å². The van der Waals surface area contributed by atoms with E-state index in [9.17, 15) is 14.4 Å². The number of Topliss-reactive ketones (excluding diaryl/α,β-unsaturated/α-hetero) is 1. The number of carboxylic acid groups (broad SMARTS) is 1. The van der Waals surface area contributed by atoms with Gasteiger partial charge in [-0.3, -0.25) is 14.4 Å². The third kappa shape index (κ3) is 6.13. The van der Waals surface area contributed by atoms with Gasteiger partial charge in [-0.15, -0.1) is 0 Å². The predicted molar refractivity (Wildman–Crippen MR) is 55.7 cm³/mol. The Morgan fingerprint density at radius 3 is 2.50 bits per heavy atom. The third-order valence-electron chi connectivity index (χ3n) is 2.05. The molecule has 0 aliphatic rings. The summed E-state index contributed by atoms with van der Waals surface area (Å²) in [6, 6.07) is -0.828. The van der Waals surface area contributed by atoms with Crippen LogP contribution < -0.4 is 5.73 Å². The molecule has 0 aromatic rings. The fourth-order valence-corrected chi connectivity index (χ4v) is 1.16. The maximum Gasteiger partial charge on any atom is 0.303 e. The van der Waals surface area contributed by atoms with Crippen LogP contribution in [0.25, 0.3) is 0 Å². The second-order valence-electron chi connectivity index (χ2n) is 4.16. The molecule has 0 aromatic heterocycles. The second kappa shape index (κ2) is 6.22. The molecule has 6 nitrogen and oxygen atoms in total. The number of carbonyl (C=O) groups is 3. The van der Waals surface area contributed by atoms with Crippen LogP contribution >= 0.6 is 0 Å². The van der Waals surface area contributed by atoms with E-state index >= 15 is 0 Å². The van der Waals surface area contributed by atoms with Crippen molar-refractivity contribution in [2.75, 3.05) is 0 Å². The van der Waals surface area contributed by atoms with E-state index in [1.165, 1.54) is 0 Å². The maximum atomic E-state index is 11.5. The van der Waals surface area contributed by atoms with Gasteiger partial charge in [0.15, 0.2) is 5.78 Å². The number of ketones is 1. The number of carbonyl (C=O) groups excluding carboxylic acids is 2. The zero-order valence-electron chi connectivity index (χ0n) is 9.43. The van der Waals surface area contributed by atoms with Gasteiger partial charge >= 0.3 is 5.97 Å². The summed E-state index contributed by atoms with van der Waals surface area (Å²) in [4.78, 5) is 32.0. The van der Waals surface area contributed by atoms with E-state index < -0.39 is 17.6 Å². The van der Waals surface area contributed by atoms with Gasteiger partial charge < -0.3 is 15.6 Å². The summed E-state index contributed by atoms with van der Waals surface area (Å²) < 4.78 is 4.70. The number of carboxylic acids is 1. The Balaban J connectivity index is 4.13. The molecule has 0 heterocycles. The summed E-state index contributed by atoms with van der Waals surface area (Å²) >= 11 is 0. The first-order valence-corrected chi connectivity index (χ1v) is 4.90. The molecule has 0 saturated carbocycles. The smallest absolute Gasteiger partial charge is 0.303 e. The Bertz CT molecular complexity index is 274. The summed E-state index contributed by atoms with van der Waals surface area (Å²) in [6.45, 7) is 3.45. The Hall–Kier alpha value is -1.43. The molecule has 3 N–H and O–H groups in total. The van der Waals surface area contributed by atoms with Gasteiger partial charge in [-0.05, 0) is 20.3 Å². The molecule has 0 amide bonds. The van der Waals surface area contributed by atoms with Crippen molar-refractivity contribution in [2.24, 2.45) is 5.73 Å². The Morgan fingerprint density at radius 2 is 2.06 bits per heavy atom. The number of hydrogen-bond acceptors (Lipinski definition) is 5. The molecule has 16 heavy (non-hydrogen) atoms. The van der Waals surface area contributed by atoms with Gasteiger partial charge in [0.05, 0.1) is 6.04 Å². The normalized spacial score (nSPS) is 12.9. The summed E-state index contributed by atoms with van der Waals surface area (Å²) in [5.74, 6) is -1.31. The Morgan fingerprint density at radius 1 is 1.50 bits per heavy atom. The zero-order valence-corrected chi connectivity index (χ0v) is 9.43. The van der Waals surface area contributed by atoms with Gasteiger partial charge in [-0.25, -0.2) is 0 Å². The van der Waals surface area contributed by atoms with E-state index in [0.29, 0.717) is 0 Å². The average Bonchev–Trinajstić information content (AvgIpc) is 2.12. The van der Waals surface area contributed by atoms with Gasteiger partial charge in [0.1, 0.15) is 5.60 Å². The summed E-state index contributed by atoms with van der Waals surface area (Å²) in [7, 11) is 0. The van der Waals surface area contributed by atoms with Gasteiger partial charge in [-0.1, -0.05) is 0 Å². The number of ether oxygens (including phenoxy) is 1. The zero-order chi connectivity index (χ0) is 12.8. The van der Waals surface area contributed by atoms with Crippen molar-refractivity contribution < 1.29 is 24.2 Å². The van der Waals surface area contributed by atoms with Crippen molar-refractivity contribution in [1.29, 1.82) is 0 Å². The van der Waals surface area contributed by atoms with Crippen molar-refractivity contribution in [3.05, 3.63) is 0 Å². The van der Waals surface area contributed by atoms with Gasteiger partial charge in [0.25, 0.3) is 6.47 Å². The minimum atomic E-state index is -0.994. The van der Waals surface area contributed by atoms with E-state index in [1.54, 1.807) is 13.8 Å². The largest absolute Gasteiger partial charge is 0.481 e. The van der Waals surface area contributed by atoms with Gasteiger partial charge in [-0.2, -0.15) is 0 Å². The topological polar surface area (TPSA) is 107 Å². The highest BCUT2D eigenvalue weighted by molar-refractivity contribution is 5.85. The molecule has 0 aliphatic carbocycles. The van der Waals surface area contributed by atoms with Crippen molar-refractivity contribution in [3.8, 4) is 0 Å². The average molecular weight is 231 g/mol. The molecule has 0 saturated heterocycles. The second-order valence-corrected chi connectivity index (χ2v) is 4.16. The molecule has 0 aliphatic heterocycles. The highest BCUT2D eigenvalue weighted by atomic mass is 16.5. The van der Waals surface area contributed by atoms with E-state index in [0.717, 1.165) is 0 Å². The van der Waals surface area contributed by atoms with Crippen LogP contribution in [0.15, 0.2) is 0 Å². The fraction of sp³-hybridized carbons (Fsp3) is 0.700. The molecule has 92 valence electrons. The number of hydrogen-bond donors (Lipinski definition) is 2. The molecule has 6 heteroatoms. The maximum absolute atomic E-state index is 11.5. The first-order valence-electron chi connectivity index (χ1n) is 4.90. The monoisotopic (exact) mass is 231 g/mol. The molecular weight excluding hydrogens is 214 g/mol. The van der Waals surface area contributed by atoms with E-state index in [-0.39, 0.29) is 31.5 Å². The molecule has 0 fully saturated rings. The molecule has 1 atom stereocenters. The van der Waals surface area contributed by atoms with Crippen molar-refractivity contribution in [3.63, 3.8) is 0 Å². The number of aliphatic carboxylic acids is 1. The van der Waals surface area contributed by atoms with Crippen molar-refractivity contribution >= 4 is 18.2 Å². The third-order valence-corrected chi connectivity index (χ3v) is 2.05. The quantitative estimate of drug-likeness (QED) is 0.573. The summed E-state index contributed by atoms with van der Waals surface area (Å²) in [5, 5.41) is 8.42. The van der Waals surface area contributed by atoms with E-state index in [2.05, 4.69) is 0 Å².